The summed E-state index contributed by atoms with van der Waals surface area (Å²) in [6.45, 7) is 1.46. The lowest BCUT2D eigenvalue weighted by Gasteiger charge is -2.17. The first-order valence-corrected chi connectivity index (χ1v) is 8.12. The molecule has 0 aromatic heterocycles. The van der Waals surface area contributed by atoms with Gasteiger partial charge in [0.15, 0.2) is 6.61 Å². The zero-order valence-electron chi connectivity index (χ0n) is 13.1. The van der Waals surface area contributed by atoms with Crippen molar-refractivity contribution >= 4 is 39.4 Å². The van der Waals surface area contributed by atoms with E-state index in [1.54, 1.807) is 6.07 Å². The number of anilines is 1. The molecule has 0 unspecified atom stereocenters. The summed E-state index contributed by atoms with van der Waals surface area (Å²) in [5, 5.41) is 2.75. The van der Waals surface area contributed by atoms with Gasteiger partial charge in [-0.2, -0.15) is 0 Å². The van der Waals surface area contributed by atoms with E-state index in [4.69, 9.17) is 4.74 Å². The third-order valence-electron chi connectivity index (χ3n) is 3.52. The fourth-order valence-corrected chi connectivity index (χ4v) is 2.42. The number of halogens is 1. The Morgan fingerprint density at radius 1 is 1.35 bits per heavy atom. The maximum absolute atomic E-state index is 12.0. The van der Waals surface area contributed by atoms with Crippen molar-refractivity contribution in [2.75, 3.05) is 25.5 Å². The molecule has 1 aliphatic carbocycles. The number of ether oxygens (including phenoxy) is 1. The van der Waals surface area contributed by atoms with Gasteiger partial charge in [0.25, 0.3) is 5.91 Å². The van der Waals surface area contributed by atoms with E-state index in [0.29, 0.717) is 5.69 Å². The van der Waals surface area contributed by atoms with Crippen LogP contribution >= 0.6 is 15.9 Å². The topological polar surface area (TPSA) is 75.7 Å². The predicted octanol–water partition coefficient (Wildman–Crippen LogP) is 2.11. The molecule has 6 nitrogen and oxygen atoms in total. The van der Waals surface area contributed by atoms with Gasteiger partial charge in [-0.25, -0.2) is 0 Å². The summed E-state index contributed by atoms with van der Waals surface area (Å²) in [6.07, 6.45) is 1.66. The van der Waals surface area contributed by atoms with Crippen LogP contribution in [0, 0.1) is 12.8 Å². The highest BCUT2D eigenvalue weighted by atomic mass is 79.9. The quantitative estimate of drug-likeness (QED) is 0.764. The van der Waals surface area contributed by atoms with Gasteiger partial charge in [0.05, 0.1) is 12.5 Å². The average Bonchev–Trinajstić information content (AvgIpc) is 3.32. The Morgan fingerprint density at radius 2 is 2.04 bits per heavy atom. The molecule has 124 valence electrons. The number of carbonyl (C=O) groups excluding carboxylic acids is 3. The van der Waals surface area contributed by atoms with E-state index in [1.807, 2.05) is 19.1 Å². The van der Waals surface area contributed by atoms with Gasteiger partial charge in [-0.1, -0.05) is 15.9 Å². The maximum atomic E-state index is 12.0. The third-order valence-corrected chi connectivity index (χ3v) is 4.01. The van der Waals surface area contributed by atoms with E-state index < -0.39 is 5.91 Å². The van der Waals surface area contributed by atoms with Gasteiger partial charge in [-0.15, -0.1) is 0 Å². The summed E-state index contributed by atoms with van der Waals surface area (Å²) < 4.78 is 5.84. The standard InChI is InChI=1S/C16H19BrN2O4/c1-10-7-12(17)5-6-13(10)18-14(20)8-19(2)15(21)9-23-16(22)11-3-4-11/h5-7,11H,3-4,8-9H2,1-2H3,(H,18,20). The van der Waals surface area contributed by atoms with Crippen molar-refractivity contribution < 1.29 is 19.1 Å². The number of hydrogen-bond acceptors (Lipinski definition) is 4. The molecule has 0 radical (unpaired) electrons. The largest absolute Gasteiger partial charge is 0.455 e. The van der Waals surface area contributed by atoms with Crippen LogP contribution in [0.25, 0.3) is 0 Å². The molecular formula is C16H19BrN2O4. The highest BCUT2D eigenvalue weighted by molar-refractivity contribution is 9.10. The van der Waals surface area contributed by atoms with Crippen molar-refractivity contribution in [1.82, 2.24) is 4.90 Å². The Balaban J connectivity index is 1.78. The SMILES string of the molecule is Cc1cc(Br)ccc1NC(=O)CN(C)C(=O)COC(=O)C1CC1. The van der Waals surface area contributed by atoms with Crippen LogP contribution in [-0.4, -0.2) is 42.9 Å². The molecule has 0 spiro atoms. The Morgan fingerprint density at radius 3 is 2.65 bits per heavy atom. The lowest BCUT2D eigenvalue weighted by Crippen LogP contribution is -2.37. The minimum absolute atomic E-state index is 0.0446. The molecule has 0 heterocycles. The molecule has 1 N–H and O–H groups in total. The van der Waals surface area contributed by atoms with Gasteiger partial charge in [0, 0.05) is 17.2 Å². The summed E-state index contributed by atoms with van der Waals surface area (Å²) in [5.41, 5.74) is 1.61. The van der Waals surface area contributed by atoms with Crippen LogP contribution in [0.5, 0.6) is 0 Å². The van der Waals surface area contributed by atoms with Gasteiger partial charge in [-0.05, 0) is 43.5 Å². The molecule has 1 aromatic carbocycles. The second kappa shape index (κ2) is 7.59. The molecule has 0 bridgehead atoms. The monoisotopic (exact) mass is 382 g/mol. The maximum Gasteiger partial charge on any atom is 0.309 e. The Bertz CT molecular complexity index is 629. The first-order chi connectivity index (χ1) is 10.9. The summed E-state index contributed by atoms with van der Waals surface area (Å²) in [4.78, 5) is 36.5. The number of amides is 2. The summed E-state index contributed by atoms with van der Waals surface area (Å²) in [7, 11) is 1.50. The number of esters is 1. The molecule has 7 heteroatoms. The number of nitrogens with zero attached hydrogens (tertiary/aromatic N) is 1. The molecule has 0 aliphatic heterocycles. The highest BCUT2D eigenvalue weighted by Crippen LogP contribution is 2.29. The van der Waals surface area contributed by atoms with E-state index in [0.717, 1.165) is 22.9 Å². The molecule has 0 saturated heterocycles. The Kier molecular flexibility index (Phi) is 5.76. The molecule has 1 saturated carbocycles. The summed E-state index contributed by atoms with van der Waals surface area (Å²) in [5.74, 6) is -1.08. The van der Waals surface area contributed by atoms with Crippen LogP contribution in [0.2, 0.25) is 0 Å². The van der Waals surface area contributed by atoms with Crippen LogP contribution in [0.15, 0.2) is 22.7 Å². The number of likely N-dealkylation sites (N-methyl/N-ethyl adjacent to an activating group) is 1. The lowest BCUT2D eigenvalue weighted by molar-refractivity contribution is -0.152. The second-order valence-corrected chi connectivity index (χ2v) is 6.55. The van der Waals surface area contributed by atoms with E-state index in [2.05, 4.69) is 21.2 Å². The predicted molar refractivity (Wildman–Crippen MR) is 88.8 cm³/mol. The number of aryl methyl sites for hydroxylation is 1. The molecule has 2 rings (SSSR count). The minimum Gasteiger partial charge on any atom is -0.455 e. The number of nitrogens with one attached hydrogen (secondary N) is 1. The number of carbonyl (C=O) groups is 3. The van der Waals surface area contributed by atoms with Gasteiger partial charge < -0.3 is 15.0 Å². The minimum atomic E-state index is -0.401. The zero-order valence-corrected chi connectivity index (χ0v) is 14.7. The fraction of sp³-hybridized carbons (Fsp3) is 0.438. The molecule has 23 heavy (non-hydrogen) atoms. The zero-order chi connectivity index (χ0) is 17.0. The average molecular weight is 383 g/mol. The van der Waals surface area contributed by atoms with Crippen molar-refractivity contribution in [3.05, 3.63) is 28.2 Å². The first kappa shape index (κ1) is 17.5. The first-order valence-electron chi connectivity index (χ1n) is 7.33. The van der Waals surface area contributed by atoms with Crippen LogP contribution < -0.4 is 5.32 Å². The number of rotatable bonds is 6. The van der Waals surface area contributed by atoms with E-state index in [-0.39, 0.29) is 30.9 Å². The molecule has 1 aromatic rings. The van der Waals surface area contributed by atoms with Crippen molar-refractivity contribution in [2.45, 2.75) is 19.8 Å². The van der Waals surface area contributed by atoms with Gasteiger partial charge in [0.1, 0.15) is 0 Å². The van der Waals surface area contributed by atoms with Gasteiger partial charge in [0.2, 0.25) is 5.91 Å². The van der Waals surface area contributed by atoms with E-state index in [9.17, 15) is 14.4 Å². The summed E-state index contributed by atoms with van der Waals surface area (Å²) in [6, 6.07) is 5.51. The molecular weight excluding hydrogens is 364 g/mol. The number of hydrogen-bond donors (Lipinski definition) is 1. The lowest BCUT2D eigenvalue weighted by atomic mass is 10.2. The molecule has 0 atom stereocenters. The smallest absolute Gasteiger partial charge is 0.309 e. The van der Waals surface area contributed by atoms with Gasteiger partial charge in [-0.3, -0.25) is 14.4 Å². The fourth-order valence-electron chi connectivity index (χ4n) is 1.94. The van der Waals surface area contributed by atoms with Crippen LogP contribution in [0.3, 0.4) is 0 Å². The summed E-state index contributed by atoms with van der Waals surface area (Å²) >= 11 is 3.36. The highest BCUT2D eigenvalue weighted by Gasteiger charge is 2.31. The van der Waals surface area contributed by atoms with Crippen LogP contribution in [0.4, 0.5) is 5.69 Å². The van der Waals surface area contributed by atoms with Crippen molar-refractivity contribution in [3.63, 3.8) is 0 Å². The third kappa shape index (κ3) is 5.35. The van der Waals surface area contributed by atoms with E-state index in [1.165, 1.54) is 11.9 Å². The second-order valence-electron chi connectivity index (χ2n) is 5.64. The van der Waals surface area contributed by atoms with Crippen molar-refractivity contribution in [2.24, 2.45) is 5.92 Å². The Hall–Kier alpha value is -1.89. The molecule has 1 aliphatic rings. The van der Waals surface area contributed by atoms with E-state index >= 15 is 0 Å². The molecule has 2 amide bonds. The van der Waals surface area contributed by atoms with Crippen molar-refractivity contribution in [1.29, 1.82) is 0 Å². The van der Waals surface area contributed by atoms with Crippen molar-refractivity contribution in [3.8, 4) is 0 Å². The van der Waals surface area contributed by atoms with Crippen LogP contribution in [-0.2, 0) is 19.1 Å². The van der Waals surface area contributed by atoms with Gasteiger partial charge >= 0.3 is 5.97 Å². The Labute approximate surface area is 143 Å². The molecule has 1 fully saturated rings. The van der Waals surface area contributed by atoms with Crippen LogP contribution in [0.1, 0.15) is 18.4 Å². The normalized spacial score (nSPS) is 13.3. The number of benzene rings is 1.